The molecule has 24 heavy (non-hydrogen) atoms. The van der Waals surface area contributed by atoms with Gasteiger partial charge in [0, 0.05) is 0 Å². The summed E-state index contributed by atoms with van der Waals surface area (Å²) in [4.78, 5) is 11.9. The maximum Gasteiger partial charge on any atom is 0.223 e. The lowest BCUT2D eigenvalue weighted by atomic mass is 10.1. The summed E-state index contributed by atoms with van der Waals surface area (Å²) in [7, 11) is 0. The van der Waals surface area contributed by atoms with E-state index >= 15 is 0 Å². The molecule has 0 heterocycles. The van der Waals surface area contributed by atoms with Gasteiger partial charge in [0.2, 0.25) is 5.91 Å². The van der Waals surface area contributed by atoms with Crippen LogP contribution >= 0.6 is 0 Å². The number of carbonyl (C=O) groups is 1. The molecular formula is C19H22FNO3. The molecule has 5 heteroatoms. The minimum Gasteiger partial charge on any atom is -0.489 e. The lowest BCUT2D eigenvalue weighted by molar-refractivity contribution is -0.123. The second-order valence-corrected chi connectivity index (χ2v) is 5.77. The fourth-order valence-electron chi connectivity index (χ4n) is 2.28. The molecule has 0 aliphatic rings. The summed E-state index contributed by atoms with van der Waals surface area (Å²) in [5.41, 5.74) is 1.41. The first-order valence-electron chi connectivity index (χ1n) is 7.88. The van der Waals surface area contributed by atoms with Crippen molar-refractivity contribution in [2.45, 2.75) is 32.5 Å². The van der Waals surface area contributed by atoms with Gasteiger partial charge in [-0.15, -0.1) is 0 Å². The van der Waals surface area contributed by atoms with Crippen LogP contribution in [0, 0.1) is 12.7 Å². The number of amides is 1. The fourth-order valence-corrected chi connectivity index (χ4v) is 2.28. The fraction of sp³-hybridized carbons (Fsp3) is 0.316. The van der Waals surface area contributed by atoms with Crippen LogP contribution in [0.1, 0.15) is 30.6 Å². The van der Waals surface area contributed by atoms with Crippen molar-refractivity contribution < 1.29 is 19.0 Å². The number of halogens is 1. The number of aryl methyl sites for hydroxylation is 1. The molecule has 4 nitrogen and oxygen atoms in total. The predicted octanol–water partition coefficient (Wildman–Crippen LogP) is 3.14. The molecular weight excluding hydrogens is 309 g/mol. The van der Waals surface area contributed by atoms with E-state index in [2.05, 4.69) is 5.32 Å². The number of benzene rings is 2. The van der Waals surface area contributed by atoms with Crippen LogP contribution < -0.4 is 10.1 Å². The van der Waals surface area contributed by atoms with Crippen LogP contribution in [0.5, 0.6) is 5.75 Å². The number of aliphatic hydroxyl groups excluding tert-OH is 1. The van der Waals surface area contributed by atoms with Crippen molar-refractivity contribution in [1.82, 2.24) is 5.32 Å². The summed E-state index contributed by atoms with van der Waals surface area (Å²) in [6.45, 7) is 4.13. The van der Waals surface area contributed by atoms with Crippen LogP contribution in [0.15, 0.2) is 48.5 Å². The Hall–Kier alpha value is -2.40. The van der Waals surface area contributed by atoms with Gasteiger partial charge in [-0.2, -0.15) is 0 Å². The third kappa shape index (κ3) is 5.35. The molecule has 0 spiro atoms. The quantitative estimate of drug-likeness (QED) is 0.819. The smallest absolute Gasteiger partial charge is 0.223 e. The van der Waals surface area contributed by atoms with Crippen molar-refractivity contribution >= 4 is 5.91 Å². The molecule has 2 aromatic carbocycles. The second kappa shape index (κ2) is 8.45. The van der Waals surface area contributed by atoms with E-state index in [0.717, 1.165) is 11.3 Å². The average Bonchev–Trinajstić information content (AvgIpc) is 2.55. The molecule has 0 fully saturated rings. The van der Waals surface area contributed by atoms with Gasteiger partial charge in [0.1, 0.15) is 17.7 Å². The Balaban J connectivity index is 1.79. The average molecular weight is 331 g/mol. The van der Waals surface area contributed by atoms with Gasteiger partial charge in [-0.3, -0.25) is 4.79 Å². The molecule has 2 aromatic rings. The zero-order chi connectivity index (χ0) is 17.5. The Kier molecular flexibility index (Phi) is 6.32. The van der Waals surface area contributed by atoms with Gasteiger partial charge < -0.3 is 15.2 Å². The van der Waals surface area contributed by atoms with E-state index in [4.69, 9.17) is 4.74 Å². The molecule has 1 amide bonds. The van der Waals surface area contributed by atoms with Crippen molar-refractivity contribution in [3.63, 3.8) is 0 Å². The Morgan fingerprint density at radius 1 is 1.25 bits per heavy atom. The lowest BCUT2D eigenvalue weighted by Gasteiger charge is -2.17. The topological polar surface area (TPSA) is 58.6 Å². The van der Waals surface area contributed by atoms with E-state index in [0.29, 0.717) is 12.1 Å². The monoisotopic (exact) mass is 331 g/mol. The Labute approximate surface area is 141 Å². The number of rotatable bonds is 7. The van der Waals surface area contributed by atoms with Gasteiger partial charge in [-0.1, -0.05) is 30.3 Å². The second-order valence-electron chi connectivity index (χ2n) is 5.77. The molecule has 0 aliphatic heterocycles. The lowest BCUT2D eigenvalue weighted by Crippen LogP contribution is -2.34. The maximum atomic E-state index is 13.1. The third-order valence-corrected chi connectivity index (χ3v) is 3.62. The highest BCUT2D eigenvalue weighted by atomic mass is 19.1. The van der Waals surface area contributed by atoms with E-state index < -0.39 is 11.9 Å². The van der Waals surface area contributed by atoms with Crippen molar-refractivity contribution in [3.05, 3.63) is 65.5 Å². The first-order valence-corrected chi connectivity index (χ1v) is 7.88. The largest absolute Gasteiger partial charge is 0.489 e. The summed E-state index contributed by atoms with van der Waals surface area (Å²) in [5.74, 6) is 0.0262. The Morgan fingerprint density at radius 2 is 2.00 bits per heavy atom. The Morgan fingerprint density at radius 3 is 2.71 bits per heavy atom. The summed E-state index contributed by atoms with van der Waals surface area (Å²) in [6, 6.07) is 13.3. The van der Waals surface area contributed by atoms with Crippen LogP contribution in [0.4, 0.5) is 4.39 Å². The molecule has 2 rings (SSSR count). The van der Waals surface area contributed by atoms with Gasteiger partial charge in [0.05, 0.1) is 19.1 Å². The van der Waals surface area contributed by atoms with E-state index in [1.807, 2.05) is 38.1 Å². The van der Waals surface area contributed by atoms with Crippen LogP contribution in [0.25, 0.3) is 0 Å². The number of hydrogen-bond acceptors (Lipinski definition) is 3. The van der Waals surface area contributed by atoms with Crippen molar-refractivity contribution in [2.24, 2.45) is 0 Å². The molecule has 2 N–H and O–H groups in total. The molecule has 0 radical (unpaired) electrons. The van der Waals surface area contributed by atoms with Gasteiger partial charge in [0.25, 0.3) is 0 Å². The standard InChI is InChI=1S/C19H22FNO3/c1-13-6-3-4-9-18(13)24-14(2)12-21-19(23)11-17(22)15-7-5-8-16(20)10-15/h3-10,14,17,22H,11-12H2,1-2H3,(H,21,23). The molecule has 128 valence electrons. The number of hydrogen-bond donors (Lipinski definition) is 2. The molecule has 0 aliphatic carbocycles. The van der Waals surface area contributed by atoms with Gasteiger partial charge in [-0.05, 0) is 43.2 Å². The van der Waals surface area contributed by atoms with E-state index in [1.165, 1.54) is 18.2 Å². The number of carbonyl (C=O) groups excluding carboxylic acids is 1. The molecule has 0 bridgehead atoms. The summed E-state index contributed by atoms with van der Waals surface area (Å²) < 4.78 is 18.9. The summed E-state index contributed by atoms with van der Waals surface area (Å²) in [6.07, 6.45) is -1.37. The Bertz CT molecular complexity index is 690. The third-order valence-electron chi connectivity index (χ3n) is 3.62. The minimum absolute atomic E-state index is 0.124. The highest BCUT2D eigenvalue weighted by Gasteiger charge is 2.15. The molecule has 0 aromatic heterocycles. The van der Waals surface area contributed by atoms with Crippen molar-refractivity contribution in [3.8, 4) is 5.75 Å². The van der Waals surface area contributed by atoms with Crippen molar-refractivity contribution in [2.75, 3.05) is 6.54 Å². The summed E-state index contributed by atoms with van der Waals surface area (Å²) in [5, 5.41) is 12.7. The first-order chi connectivity index (χ1) is 11.5. The zero-order valence-electron chi connectivity index (χ0n) is 13.8. The highest BCUT2D eigenvalue weighted by molar-refractivity contribution is 5.76. The van der Waals surface area contributed by atoms with Crippen LogP contribution in [-0.4, -0.2) is 23.7 Å². The molecule has 0 saturated heterocycles. The SMILES string of the molecule is Cc1ccccc1OC(C)CNC(=O)CC(O)c1cccc(F)c1. The predicted molar refractivity (Wildman–Crippen MR) is 90.3 cm³/mol. The van der Waals surface area contributed by atoms with E-state index in [9.17, 15) is 14.3 Å². The van der Waals surface area contributed by atoms with E-state index in [-0.39, 0.29) is 18.4 Å². The van der Waals surface area contributed by atoms with Gasteiger partial charge in [0.15, 0.2) is 0 Å². The van der Waals surface area contributed by atoms with Crippen LogP contribution in [0.3, 0.4) is 0 Å². The number of aliphatic hydroxyl groups is 1. The normalized spacial score (nSPS) is 13.2. The first kappa shape index (κ1) is 17.9. The van der Waals surface area contributed by atoms with Crippen LogP contribution in [-0.2, 0) is 4.79 Å². The summed E-state index contributed by atoms with van der Waals surface area (Å²) >= 11 is 0. The van der Waals surface area contributed by atoms with E-state index in [1.54, 1.807) is 6.07 Å². The zero-order valence-corrected chi connectivity index (χ0v) is 13.8. The van der Waals surface area contributed by atoms with Crippen LogP contribution in [0.2, 0.25) is 0 Å². The number of ether oxygens (including phenoxy) is 1. The molecule has 2 unspecified atom stereocenters. The molecule has 2 atom stereocenters. The molecule has 0 saturated carbocycles. The minimum atomic E-state index is -1.03. The maximum absolute atomic E-state index is 13.1. The van der Waals surface area contributed by atoms with Crippen molar-refractivity contribution in [1.29, 1.82) is 0 Å². The van der Waals surface area contributed by atoms with Gasteiger partial charge in [-0.25, -0.2) is 4.39 Å². The van der Waals surface area contributed by atoms with Gasteiger partial charge >= 0.3 is 0 Å². The highest BCUT2D eigenvalue weighted by Crippen LogP contribution is 2.18. The number of para-hydroxylation sites is 1. The number of nitrogens with one attached hydrogen (secondary N) is 1.